The van der Waals surface area contributed by atoms with E-state index in [-0.39, 0.29) is 24.2 Å². The highest BCUT2D eigenvalue weighted by atomic mass is 35.5. The number of carbonyl (C=O) groups excluding carboxylic acids is 1. The van der Waals surface area contributed by atoms with Gasteiger partial charge in [0.1, 0.15) is 0 Å². The first-order valence-electron chi connectivity index (χ1n) is 6.76. The third-order valence-corrected chi connectivity index (χ3v) is 3.83. The summed E-state index contributed by atoms with van der Waals surface area (Å²) in [7, 11) is 0. The minimum absolute atomic E-state index is 0. The molecule has 0 radical (unpaired) electrons. The molecule has 1 heterocycles. The predicted octanol–water partition coefficient (Wildman–Crippen LogP) is 4.21. The van der Waals surface area contributed by atoms with Gasteiger partial charge in [-0.15, -0.1) is 12.4 Å². The lowest BCUT2D eigenvalue weighted by Gasteiger charge is -2.26. The molecule has 0 aliphatic carbocycles. The summed E-state index contributed by atoms with van der Waals surface area (Å²) in [5.74, 6) is 0.246. The van der Waals surface area contributed by atoms with Gasteiger partial charge in [0.25, 0.3) is 0 Å². The number of ketones is 1. The van der Waals surface area contributed by atoms with E-state index in [9.17, 15) is 4.79 Å². The molecule has 1 saturated heterocycles. The number of benzene rings is 1. The number of nitrogens with zero attached hydrogens (tertiary/aromatic N) is 1. The summed E-state index contributed by atoms with van der Waals surface area (Å²) in [6.07, 6.45) is 4.42. The van der Waals surface area contributed by atoms with Crippen molar-refractivity contribution in [2.45, 2.75) is 38.6 Å². The molecule has 2 rings (SSSR count). The van der Waals surface area contributed by atoms with Gasteiger partial charge < -0.3 is 0 Å². The molecule has 1 aliphatic heterocycles. The maximum Gasteiger partial charge on any atom is 0.179 e. The summed E-state index contributed by atoms with van der Waals surface area (Å²) < 4.78 is 0. The Kier molecular flexibility index (Phi) is 6.84. The molecule has 1 unspecified atom stereocenters. The zero-order valence-corrected chi connectivity index (χ0v) is 12.8. The molecule has 1 aromatic carbocycles. The average Bonchev–Trinajstić information content (AvgIpc) is 2.90. The maximum atomic E-state index is 12.5. The minimum Gasteiger partial charge on any atom is -0.293 e. The molecule has 0 bridgehead atoms. The lowest BCUT2D eigenvalue weighted by atomic mass is 9.99. The molecule has 2 nitrogen and oxygen atoms in total. The second-order valence-corrected chi connectivity index (χ2v) is 5.36. The van der Waals surface area contributed by atoms with Crippen LogP contribution in [0.5, 0.6) is 0 Å². The quantitative estimate of drug-likeness (QED) is 0.759. The molecule has 4 heteroatoms. The molecule has 0 amide bonds. The lowest BCUT2D eigenvalue weighted by molar-refractivity contribution is 0.0837. The van der Waals surface area contributed by atoms with Gasteiger partial charge in [0, 0.05) is 10.6 Å². The zero-order chi connectivity index (χ0) is 13.0. The Labute approximate surface area is 126 Å². The van der Waals surface area contributed by atoms with Crippen molar-refractivity contribution in [2.24, 2.45) is 0 Å². The van der Waals surface area contributed by atoms with E-state index in [0.29, 0.717) is 5.02 Å². The Hall–Kier alpha value is -0.570. The number of likely N-dealkylation sites (tertiary alicyclic amines) is 1. The van der Waals surface area contributed by atoms with Gasteiger partial charge >= 0.3 is 0 Å². The monoisotopic (exact) mass is 301 g/mol. The molecule has 0 aromatic heterocycles. The highest BCUT2D eigenvalue weighted by Crippen LogP contribution is 2.20. The third kappa shape index (κ3) is 4.20. The highest BCUT2D eigenvalue weighted by Gasteiger charge is 2.27. The molecule has 1 aliphatic rings. The number of hydrogen-bond acceptors (Lipinski definition) is 2. The average molecular weight is 302 g/mol. The van der Waals surface area contributed by atoms with Gasteiger partial charge in [-0.3, -0.25) is 9.69 Å². The normalized spacial score (nSPS) is 16.9. The maximum absolute atomic E-state index is 12.5. The van der Waals surface area contributed by atoms with Gasteiger partial charge in [-0.1, -0.05) is 24.9 Å². The Morgan fingerprint density at radius 1 is 1.26 bits per heavy atom. The molecular formula is C15H21Cl2NO. The first-order chi connectivity index (χ1) is 8.72. The van der Waals surface area contributed by atoms with Crippen molar-refractivity contribution < 1.29 is 4.79 Å². The van der Waals surface area contributed by atoms with Crippen LogP contribution in [0.3, 0.4) is 0 Å². The number of Topliss-reactive ketones (excluding diaryl/α,β-unsaturated/α-hetero) is 1. The van der Waals surface area contributed by atoms with E-state index in [2.05, 4.69) is 11.8 Å². The summed E-state index contributed by atoms with van der Waals surface area (Å²) in [4.78, 5) is 14.9. The van der Waals surface area contributed by atoms with Crippen LogP contribution in [-0.2, 0) is 0 Å². The van der Waals surface area contributed by atoms with Crippen LogP contribution in [0.1, 0.15) is 43.0 Å². The van der Waals surface area contributed by atoms with Crippen LogP contribution in [0.25, 0.3) is 0 Å². The molecule has 1 fully saturated rings. The Bertz CT molecular complexity index is 399. The molecule has 0 saturated carbocycles. The van der Waals surface area contributed by atoms with E-state index in [1.807, 2.05) is 12.1 Å². The Morgan fingerprint density at radius 3 is 2.37 bits per heavy atom. The third-order valence-electron chi connectivity index (χ3n) is 3.57. The van der Waals surface area contributed by atoms with Crippen molar-refractivity contribution in [3.05, 3.63) is 34.9 Å². The molecular weight excluding hydrogens is 281 g/mol. The van der Waals surface area contributed by atoms with Gasteiger partial charge in [0.15, 0.2) is 5.78 Å². The van der Waals surface area contributed by atoms with E-state index in [1.165, 1.54) is 12.8 Å². The summed E-state index contributed by atoms with van der Waals surface area (Å²) >= 11 is 5.86. The largest absolute Gasteiger partial charge is 0.293 e. The van der Waals surface area contributed by atoms with E-state index < -0.39 is 0 Å². The minimum atomic E-state index is 0. The van der Waals surface area contributed by atoms with E-state index >= 15 is 0 Å². The van der Waals surface area contributed by atoms with Crippen LogP contribution in [-0.4, -0.2) is 29.8 Å². The van der Waals surface area contributed by atoms with Gasteiger partial charge in [-0.05, 0) is 56.6 Å². The van der Waals surface area contributed by atoms with Crippen LogP contribution < -0.4 is 0 Å². The predicted molar refractivity (Wildman–Crippen MR) is 82.5 cm³/mol. The fourth-order valence-corrected chi connectivity index (χ4v) is 2.74. The second kappa shape index (κ2) is 7.88. The number of halogens is 2. The lowest BCUT2D eigenvalue weighted by Crippen LogP contribution is -2.39. The SMILES string of the molecule is CCCC(C(=O)c1ccc(Cl)cc1)N1CCCC1.Cl. The summed E-state index contributed by atoms with van der Waals surface area (Å²) in [5.41, 5.74) is 0.782. The molecule has 106 valence electrons. The van der Waals surface area contributed by atoms with E-state index in [1.54, 1.807) is 12.1 Å². The van der Waals surface area contributed by atoms with Crippen LogP contribution in [0.2, 0.25) is 5.02 Å². The molecule has 0 spiro atoms. The van der Waals surface area contributed by atoms with Crippen molar-refractivity contribution in [3.63, 3.8) is 0 Å². The Balaban J connectivity index is 0.00000180. The first-order valence-corrected chi connectivity index (χ1v) is 7.14. The fraction of sp³-hybridized carbons (Fsp3) is 0.533. The van der Waals surface area contributed by atoms with Crippen LogP contribution in [0, 0.1) is 0 Å². The van der Waals surface area contributed by atoms with Gasteiger partial charge in [-0.25, -0.2) is 0 Å². The number of hydrogen-bond donors (Lipinski definition) is 0. The molecule has 1 aromatic rings. The Morgan fingerprint density at radius 2 is 1.84 bits per heavy atom. The van der Waals surface area contributed by atoms with Crippen molar-refractivity contribution in [3.8, 4) is 0 Å². The smallest absolute Gasteiger partial charge is 0.179 e. The van der Waals surface area contributed by atoms with E-state index in [4.69, 9.17) is 11.6 Å². The number of carbonyl (C=O) groups is 1. The van der Waals surface area contributed by atoms with Crippen LogP contribution in [0.15, 0.2) is 24.3 Å². The van der Waals surface area contributed by atoms with E-state index in [0.717, 1.165) is 31.5 Å². The zero-order valence-electron chi connectivity index (χ0n) is 11.3. The fourth-order valence-electron chi connectivity index (χ4n) is 2.61. The standard InChI is InChI=1S/C15H20ClNO.ClH/c1-2-5-14(17-10-3-4-11-17)15(18)12-6-8-13(16)9-7-12;/h6-9,14H,2-5,10-11H2,1H3;1H. The van der Waals surface area contributed by atoms with Crippen molar-refractivity contribution >= 4 is 29.8 Å². The first kappa shape index (κ1) is 16.5. The summed E-state index contributed by atoms with van der Waals surface area (Å²) in [5, 5.41) is 0.680. The van der Waals surface area contributed by atoms with Crippen molar-refractivity contribution in [2.75, 3.05) is 13.1 Å². The van der Waals surface area contributed by atoms with Gasteiger partial charge in [-0.2, -0.15) is 0 Å². The van der Waals surface area contributed by atoms with Gasteiger partial charge in [0.05, 0.1) is 6.04 Å². The summed E-state index contributed by atoms with van der Waals surface area (Å²) in [6.45, 7) is 4.26. The van der Waals surface area contributed by atoms with Crippen LogP contribution >= 0.6 is 24.0 Å². The molecule has 1 atom stereocenters. The van der Waals surface area contributed by atoms with Crippen molar-refractivity contribution in [1.29, 1.82) is 0 Å². The number of rotatable bonds is 5. The van der Waals surface area contributed by atoms with Crippen molar-refractivity contribution in [1.82, 2.24) is 4.90 Å². The second-order valence-electron chi connectivity index (χ2n) is 4.92. The molecule has 0 N–H and O–H groups in total. The topological polar surface area (TPSA) is 20.3 Å². The van der Waals surface area contributed by atoms with Gasteiger partial charge in [0.2, 0.25) is 0 Å². The van der Waals surface area contributed by atoms with Crippen LogP contribution in [0.4, 0.5) is 0 Å². The summed E-state index contributed by atoms with van der Waals surface area (Å²) in [6, 6.07) is 7.31. The molecule has 19 heavy (non-hydrogen) atoms. The highest BCUT2D eigenvalue weighted by molar-refractivity contribution is 6.30.